The maximum absolute atomic E-state index is 11.3. The zero-order valence-corrected chi connectivity index (χ0v) is 19.5. The minimum Gasteiger partial charge on any atom is -0.337 e. The normalized spacial score (nSPS) is 10.9. The molecule has 5 nitrogen and oxygen atoms in total. The van der Waals surface area contributed by atoms with Gasteiger partial charge in [-0.25, -0.2) is 4.98 Å². The molecular weight excluding hydrogens is 420 g/mol. The lowest BCUT2D eigenvalue weighted by Gasteiger charge is -2.11. The van der Waals surface area contributed by atoms with E-state index in [2.05, 4.69) is 59.0 Å². The van der Waals surface area contributed by atoms with Crippen molar-refractivity contribution >= 4 is 11.6 Å². The van der Waals surface area contributed by atoms with Gasteiger partial charge < -0.3 is 14.9 Å². The molecule has 2 heterocycles. The van der Waals surface area contributed by atoms with Gasteiger partial charge in [-0.3, -0.25) is 4.79 Å². The van der Waals surface area contributed by atoms with Gasteiger partial charge in [-0.1, -0.05) is 60.7 Å². The second-order valence-corrected chi connectivity index (χ2v) is 8.39. The van der Waals surface area contributed by atoms with Gasteiger partial charge in [-0.15, -0.1) is 0 Å². The number of aryl methyl sites for hydroxylation is 1. The molecule has 3 aromatic carbocycles. The molecule has 0 radical (unpaired) electrons. The van der Waals surface area contributed by atoms with E-state index >= 15 is 0 Å². The van der Waals surface area contributed by atoms with Gasteiger partial charge in [0.2, 0.25) is 5.91 Å². The molecule has 0 aliphatic rings. The van der Waals surface area contributed by atoms with Crippen LogP contribution in [0.2, 0.25) is 0 Å². The second-order valence-electron chi connectivity index (χ2n) is 8.39. The number of anilines is 1. The Labute approximate surface area is 199 Å². The fraction of sp³-hybridized carbons (Fsp3) is 0.103. The van der Waals surface area contributed by atoms with Crippen LogP contribution in [-0.2, 0) is 4.79 Å². The lowest BCUT2D eigenvalue weighted by atomic mass is 10.1. The molecule has 0 spiro atoms. The number of rotatable bonds is 5. The first-order chi connectivity index (χ1) is 16.5. The average molecular weight is 447 g/mol. The summed E-state index contributed by atoms with van der Waals surface area (Å²) in [5.74, 6) is 0.761. The number of nitrogens with zero attached hydrogens (tertiary/aromatic N) is 2. The number of carbonyl (C=O) groups excluding carboxylic acids is 1. The highest BCUT2D eigenvalue weighted by Gasteiger charge is 2.19. The van der Waals surface area contributed by atoms with Crippen LogP contribution in [-0.4, -0.2) is 20.4 Å². The van der Waals surface area contributed by atoms with Crippen molar-refractivity contribution in [3.63, 3.8) is 0 Å². The van der Waals surface area contributed by atoms with Crippen LogP contribution in [0.25, 0.3) is 39.6 Å². The van der Waals surface area contributed by atoms with Gasteiger partial charge in [0.15, 0.2) is 0 Å². The lowest BCUT2D eigenvalue weighted by Crippen LogP contribution is -2.06. The first kappa shape index (κ1) is 21.5. The molecule has 0 saturated heterocycles. The molecule has 2 aromatic heterocycles. The van der Waals surface area contributed by atoms with E-state index < -0.39 is 0 Å². The van der Waals surface area contributed by atoms with Crippen molar-refractivity contribution in [2.75, 3.05) is 5.32 Å². The molecule has 0 aliphatic carbocycles. The summed E-state index contributed by atoms with van der Waals surface area (Å²) >= 11 is 0. The monoisotopic (exact) mass is 446 g/mol. The van der Waals surface area contributed by atoms with Gasteiger partial charge in [0.25, 0.3) is 0 Å². The molecule has 168 valence electrons. The molecule has 0 saturated carbocycles. The van der Waals surface area contributed by atoms with Crippen LogP contribution in [0.3, 0.4) is 0 Å². The van der Waals surface area contributed by atoms with Crippen LogP contribution in [0, 0.1) is 13.8 Å². The van der Waals surface area contributed by atoms with Crippen LogP contribution >= 0.6 is 0 Å². The van der Waals surface area contributed by atoms with Crippen LogP contribution in [0.5, 0.6) is 0 Å². The van der Waals surface area contributed by atoms with Crippen molar-refractivity contribution in [1.82, 2.24) is 14.5 Å². The zero-order chi connectivity index (χ0) is 23.7. The van der Waals surface area contributed by atoms with Gasteiger partial charge in [0.05, 0.1) is 11.4 Å². The summed E-state index contributed by atoms with van der Waals surface area (Å²) < 4.78 is 2.21. The van der Waals surface area contributed by atoms with E-state index in [4.69, 9.17) is 4.98 Å². The molecule has 2 N–H and O–H groups in total. The largest absolute Gasteiger partial charge is 0.337 e. The average Bonchev–Trinajstić information content (AvgIpc) is 3.41. The van der Waals surface area contributed by atoms with Crippen LogP contribution < -0.4 is 5.32 Å². The molecular formula is C29H26N4O. The lowest BCUT2D eigenvalue weighted by molar-refractivity contribution is -0.114. The summed E-state index contributed by atoms with van der Waals surface area (Å²) in [7, 11) is 0. The molecule has 5 aromatic rings. The molecule has 5 rings (SSSR count). The number of amides is 1. The Bertz CT molecular complexity index is 1390. The Balaban J connectivity index is 1.60. The topological polar surface area (TPSA) is 62.7 Å². The third-order valence-corrected chi connectivity index (χ3v) is 5.95. The smallest absolute Gasteiger partial charge is 0.221 e. The molecule has 0 unspecified atom stereocenters. The molecule has 34 heavy (non-hydrogen) atoms. The van der Waals surface area contributed by atoms with Gasteiger partial charge >= 0.3 is 0 Å². The fourth-order valence-corrected chi connectivity index (χ4v) is 4.42. The third kappa shape index (κ3) is 4.04. The highest BCUT2D eigenvalue weighted by Crippen LogP contribution is 2.35. The molecule has 0 bridgehead atoms. The van der Waals surface area contributed by atoms with Crippen LogP contribution in [0.4, 0.5) is 5.69 Å². The van der Waals surface area contributed by atoms with E-state index in [0.717, 1.165) is 56.7 Å². The summed E-state index contributed by atoms with van der Waals surface area (Å²) in [6, 6.07) is 30.6. The van der Waals surface area contributed by atoms with Crippen molar-refractivity contribution in [2.45, 2.75) is 20.8 Å². The van der Waals surface area contributed by atoms with Crippen molar-refractivity contribution in [3.8, 4) is 39.6 Å². The quantitative estimate of drug-likeness (QED) is 0.313. The molecule has 0 fully saturated rings. The summed E-state index contributed by atoms with van der Waals surface area (Å²) in [6.07, 6.45) is 0. The molecule has 5 heteroatoms. The van der Waals surface area contributed by atoms with Crippen LogP contribution in [0.1, 0.15) is 18.3 Å². The molecule has 0 aliphatic heterocycles. The minimum absolute atomic E-state index is 0.0791. The maximum Gasteiger partial charge on any atom is 0.221 e. The number of H-pyrrole nitrogens is 1. The number of aromatic amines is 1. The first-order valence-corrected chi connectivity index (χ1v) is 11.3. The number of nitrogens with one attached hydrogen (secondary N) is 2. The van der Waals surface area contributed by atoms with E-state index in [1.54, 1.807) is 0 Å². The summed E-state index contributed by atoms with van der Waals surface area (Å²) in [6.45, 7) is 5.71. The number of imidazole rings is 1. The Hall–Kier alpha value is -4.38. The number of hydrogen-bond acceptors (Lipinski definition) is 2. The number of hydrogen-bond donors (Lipinski definition) is 2. The predicted molar refractivity (Wildman–Crippen MR) is 138 cm³/mol. The van der Waals surface area contributed by atoms with Crippen molar-refractivity contribution in [3.05, 3.63) is 102 Å². The molecule has 0 atom stereocenters. The van der Waals surface area contributed by atoms with Crippen LogP contribution in [0.15, 0.2) is 91.0 Å². The highest BCUT2D eigenvalue weighted by molar-refractivity contribution is 5.88. The van der Waals surface area contributed by atoms with Gasteiger partial charge in [0.1, 0.15) is 5.82 Å². The Morgan fingerprint density at radius 1 is 0.853 bits per heavy atom. The Morgan fingerprint density at radius 3 is 2.09 bits per heavy atom. The van der Waals surface area contributed by atoms with Gasteiger partial charge in [-0.2, -0.15) is 0 Å². The van der Waals surface area contributed by atoms with Gasteiger partial charge in [-0.05, 0) is 44.2 Å². The SMILES string of the molecule is CC(=O)Nc1ccc(-n2c(C)cc(-c3nc(-c4ccccc4)c(-c4ccccc4)[nH]3)c2C)cc1. The van der Waals surface area contributed by atoms with Crippen molar-refractivity contribution in [1.29, 1.82) is 0 Å². The van der Waals surface area contributed by atoms with E-state index in [-0.39, 0.29) is 5.91 Å². The predicted octanol–water partition coefficient (Wildman–Crippen LogP) is 6.78. The number of benzene rings is 3. The minimum atomic E-state index is -0.0791. The Morgan fingerprint density at radius 2 is 1.47 bits per heavy atom. The van der Waals surface area contributed by atoms with E-state index in [1.807, 2.05) is 60.7 Å². The first-order valence-electron chi connectivity index (χ1n) is 11.3. The van der Waals surface area contributed by atoms with Gasteiger partial charge in [0, 0.05) is 46.4 Å². The van der Waals surface area contributed by atoms with Crippen molar-refractivity contribution < 1.29 is 4.79 Å². The second kappa shape index (κ2) is 8.87. The van der Waals surface area contributed by atoms with E-state index in [9.17, 15) is 4.79 Å². The van der Waals surface area contributed by atoms with Crippen molar-refractivity contribution in [2.24, 2.45) is 0 Å². The van der Waals surface area contributed by atoms with E-state index in [1.165, 1.54) is 6.92 Å². The number of carbonyl (C=O) groups is 1. The summed E-state index contributed by atoms with van der Waals surface area (Å²) in [5, 5.41) is 2.82. The zero-order valence-electron chi connectivity index (χ0n) is 19.5. The van der Waals surface area contributed by atoms with E-state index in [0.29, 0.717) is 0 Å². The summed E-state index contributed by atoms with van der Waals surface area (Å²) in [4.78, 5) is 20.0. The fourth-order valence-electron chi connectivity index (χ4n) is 4.42. The number of aromatic nitrogens is 3. The Kier molecular flexibility index (Phi) is 5.60. The standard InChI is InChI=1S/C29H26N4O/c1-19-18-26(20(2)33(19)25-16-14-24(15-17-25)30-21(3)34)29-31-27(22-10-6-4-7-11-22)28(32-29)23-12-8-5-9-13-23/h4-18H,1-3H3,(H,30,34)(H,31,32). The summed E-state index contributed by atoms with van der Waals surface area (Å²) in [5.41, 5.74) is 9.20. The highest BCUT2D eigenvalue weighted by atomic mass is 16.1. The third-order valence-electron chi connectivity index (χ3n) is 5.95. The molecule has 1 amide bonds. The maximum atomic E-state index is 11.3.